The SMILES string of the molecule is O=C(OCCCCOC(=O)C(C(F)(F)F)C(F)(F)F)C(C(F)(F)F)C(F)(F)F. The summed E-state index contributed by atoms with van der Waals surface area (Å²) < 4.78 is 154. The molecule has 0 heterocycles. The van der Waals surface area contributed by atoms with Gasteiger partial charge in [-0.1, -0.05) is 0 Å². The van der Waals surface area contributed by atoms with Gasteiger partial charge in [0.15, 0.2) is 0 Å². The van der Waals surface area contributed by atoms with Crippen molar-refractivity contribution in [1.29, 1.82) is 0 Å². The van der Waals surface area contributed by atoms with Crippen LogP contribution in [-0.2, 0) is 19.1 Å². The van der Waals surface area contributed by atoms with Crippen molar-refractivity contribution in [1.82, 2.24) is 0 Å². The molecule has 0 aliphatic carbocycles. The molecule has 4 nitrogen and oxygen atoms in total. The molecule has 0 saturated heterocycles. The quantitative estimate of drug-likeness (QED) is 0.332. The minimum Gasteiger partial charge on any atom is -0.465 e. The molecule has 0 aromatic carbocycles. The molecule has 0 amide bonds. The Balaban J connectivity index is 4.48. The smallest absolute Gasteiger partial charge is 0.411 e. The molecule has 0 aromatic rings. The summed E-state index contributed by atoms with van der Waals surface area (Å²) in [6, 6.07) is 0. The predicted octanol–water partition coefficient (Wildman–Crippen LogP) is 4.33. The Morgan fingerprint density at radius 3 is 0.929 bits per heavy atom. The fourth-order valence-electron chi connectivity index (χ4n) is 1.62. The van der Waals surface area contributed by atoms with E-state index in [2.05, 4.69) is 9.47 Å². The highest BCUT2D eigenvalue weighted by Crippen LogP contribution is 2.41. The molecule has 28 heavy (non-hydrogen) atoms. The first kappa shape index (κ1) is 26.1. The third-order valence-electron chi connectivity index (χ3n) is 2.81. The van der Waals surface area contributed by atoms with Crippen LogP contribution in [0.15, 0.2) is 0 Å². The minimum absolute atomic E-state index is 0.607. The van der Waals surface area contributed by atoms with Gasteiger partial charge in [-0.15, -0.1) is 0 Å². The van der Waals surface area contributed by atoms with Gasteiger partial charge < -0.3 is 9.47 Å². The molecule has 0 fully saturated rings. The Hall–Kier alpha value is -1.90. The second-order valence-electron chi connectivity index (χ2n) is 5.07. The maximum Gasteiger partial charge on any atom is 0.411 e. The highest BCUT2D eigenvalue weighted by atomic mass is 19.4. The van der Waals surface area contributed by atoms with Crippen LogP contribution in [0.2, 0.25) is 0 Å². The van der Waals surface area contributed by atoms with Gasteiger partial charge in [0.1, 0.15) is 0 Å². The van der Waals surface area contributed by atoms with Crippen molar-refractivity contribution in [2.75, 3.05) is 13.2 Å². The molecule has 0 saturated carbocycles. The lowest BCUT2D eigenvalue weighted by atomic mass is 10.1. The van der Waals surface area contributed by atoms with E-state index in [9.17, 15) is 62.3 Å². The first-order valence-electron chi connectivity index (χ1n) is 6.89. The number of ether oxygens (including phenoxy) is 2. The van der Waals surface area contributed by atoms with Crippen LogP contribution in [0.1, 0.15) is 12.8 Å². The third-order valence-corrected chi connectivity index (χ3v) is 2.81. The number of rotatable bonds is 7. The van der Waals surface area contributed by atoms with E-state index in [0.717, 1.165) is 0 Å². The lowest BCUT2D eigenvalue weighted by Crippen LogP contribution is -2.43. The van der Waals surface area contributed by atoms with Crippen molar-refractivity contribution in [2.45, 2.75) is 37.5 Å². The summed E-state index contributed by atoms with van der Waals surface area (Å²) >= 11 is 0. The molecule has 166 valence electrons. The summed E-state index contributed by atoms with van der Waals surface area (Å²) in [5, 5.41) is 0. The number of esters is 2. The number of hydrogen-bond donors (Lipinski definition) is 0. The molecule has 0 unspecified atom stereocenters. The minimum atomic E-state index is -5.99. The summed E-state index contributed by atoms with van der Waals surface area (Å²) in [6.07, 6.45) is -25.2. The normalized spacial score (nSPS) is 13.8. The van der Waals surface area contributed by atoms with E-state index in [-0.39, 0.29) is 0 Å². The number of hydrogen-bond acceptors (Lipinski definition) is 4. The molecule has 0 spiro atoms. The Kier molecular flexibility index (Phi) is 8.45. The number of unbranched alkanes of at least 4 members (excludes halogenated alkanes) is 1. The predicted molar refractivity (Wildman–Crippen MR) is 62.4 cm³/mol. The largest absolute Gasteiger partial charge is 0.465 e. The maximum absolute atomic E-state index is 12.2. The zero-order valence-corrected chi connectivity index (χ0v) is 13.2. The van der Waals surface area contributed by atoms with Crippen LogP contribution in [0.4, 0.5) is 52.7 Å². The van der Waals surface area contributed by atoms with Crippen LogP contribution in [0.5, 0.6) is 0 Å². The second-order valence-corrected chi connectivity index (χ2v) is 5.07. The second kappa shape index (κ2) is 9.07. The van der Waals surface area contributed by atoms with Gasteiger partial charge >= 0.3 is 36.6 Å². The molecule has 0 aliphatic heterocycles. The Morgan fingerprint density at radius 1 is 0.536 bits per heavy atom. The van der Waals surface area contributed by atoms with Crippen LogP contribution >= 0.6 is 0 Å². The first-order chi connectivity index (χ1) is 12.3. The summed E-state index contributed by atoms with van der Waals surface area (Å²) in [4.78, 5) is 21.8. The number of alkyl halides is 12. The molecular weight excluding hydrogens is 436 g/mol. The number of carbonyl (C=O) groups is 2. The van der Waals surface area contributed by atoms with Crippen LogP contribution in [0.3, 0.4) is 0 Å². The fraction of sp³-hybridized carbons (Fsp3) is 0.833. The highest BCUT2D eigenvalue weighted by Gasteiger charge is 2.63. The number of halogens is 12. The lowest BCUT2D eigenvalue weighted by molar-refractivity contribution is -0.284. The summed E-state index contributed by atoms with van der Waals surface area (Å²) in [5.74, 6) is -14.2. The highest BCUT2D eigenvalue weighted by molar-refractivity contribution is 5.74. The lowest BCUT2D eigenvalue weighted by Gasteiger charge is -2.21. The van der Waals surface area contributed by atoms with Crippen LogP contribution < -0.4 is 0 Å². The summed E-state index contributed by atoms with van der Waals surface area (Å²) in [6.45, 7) is -2.16. The average molecular weight is 446 g/mol. The van der Waals surface area contributed by atoms with Gasteiger partial charge in [0.05, 0.1) is 13.2 Å². The van der Waals surface area contributed by atoms with E-state index in [1.54, 1.807) is 0 Å². The first-order valence-corrected chi connectivity index (χ1v) is 6.89. The molecule has 0 bridgehead atoms. The third kappa shape index (κ3) is 8.41. The van der Waals surface area contributed by atoms with Crippen LogP contribution in [0, 0.1) is 11.8 Å². The van der Waals surface area contributed by atoms with E-state index in [0.29, 0.717) is 0 Å². The van der Waals surface area contributed by atoms with E-state index in [4.69, 9.17) is 0 Å². The molecule has 16 heteroatoms. The van der Waals surface area contributed by atoms with Gasteiger partial charge in [-0.2, -0.15) is 52.7 Å². The van der Waals surface area contributed by atoms with Gasteiger partial charge in [0, 0.05) is 0 Å². The monoisotopic (exact) mass is 446 g/mol. The maximum atomic E-state index is 12.2. The van der Waals surface area contributed by atoms with Gasteiger partial charge in [0.2, 0.25) is 11.8 Å². The zero-order valence-electron chi connectivity index (χ0n) is 13.2. The van der Waals surface area contributed by atoms with Gasteiger partial charge in [0.25, 0.3) is 0 Å². The van der Waals surface area contributed by atoms with Crippen molar-refractivity contribution in [2.24, 2.45) is 11.8 Å². The van der Waals surface area contributed by atoms with Crippen molar-refractivity contribution < 1.29 is 71.7 Å². The summed E-state index contributed by atoms with van der Waals surface area (Å²) in [5.41, 5.74) is 0. The van der Waals surface area contributed by atoms with E-state index in [1.807, 2.05) is 0 Å². The molecule has 0 rings (SSSR count). The zero-order chi connectivity index (χ0) is 22.6. The van der Waals surface area contributed by atoms with Crippen molar-refractivity contribution in [3.05, 3.63) is 0 Å². The van der Waals surface area contributed by atoms with Gasteiger partial charge in [-0.25, -0.2) is 0 Å². The van der Waals surface area contributed by atoms with Crippen LogP contribution in [0.25, 0.3) is 0 Å². The van der Waals surface area contributed by atoms with Gasteiger partial charge in [-0.05, 0) is 12.8 Å². The number of carbonyl (C=O) groups excluding carboxylic acids is 2. The van der Waals surface area contributed by atoms with Gasteiger partial charge in [-0.3, -0.25) is 9.59 Å². The average Bonchev–Trinajstić information content (AvgIpc) is 2.35. The fourth-order valence-corrected chi connectivity index (χ4v) is 1.62. The molecule has 0 aliphatic rings. The molecular formula is C12H10F12O4. The van der Waals surface area contributed by atoms with Crippen LogP contribution in [-0.4, -0.2) is 49.9 Å². The molecule has 0 atom stereocenters. The topological polar surface area (TPSA) is 52.6 Å². The van der Waals surface area contributed by atoms with Crippen molar-refractivity contribution in [3.63, 3.8) is 0 Å². The van der Waals surface area contributed by atoms with Crippen molar-refractivity contribution >= 4 is 11.9 Å². The molecule has 0 N–H and O–H groups in total. The van der Waals surface area contributed by atoms with Crippen molar-refractivity contribution in [3.8, 4) is 0 Å². The Bertz CT molecular complexity index is 455. The Labute approximate surface area is 147 Å². The van der Waals surface area contributed by atoms with E-state index >= 15 is 0 Å². The molecule has 0 radical (unpaired) electrons. The van der Waals surface area contributed by atoms with E-state index in [1.165, 1.54) is 0 Å². The Morgan fingerprint density at radius 2 is 0.750 bits per heavy atom. The van der Waals surface area contributed by atoms with E-state index < -0.39 is 74.5 Å². The standard InChI is InChI=1S/C12H10F12O4/c13-9(14,15)5(10(16,17)18)7(25)27-3-1-2-4-28-8(26)6(11(19,20)21)12(22,23)24/h5-6H,1-4H2. The molecule has 0 aromatic heterocycles. The summed E-state index contributed by atoms with van der Waals surface area (Å²) in [7, 11) is 0.